The summed E-state index contributed by atoms with van der Waals surface area (Å²) in [6.07, 6.45) is 3.02. The summed E-state index contributed by atoms with van der Waals surface area (Å²) in [6.45, 7) is 3.33. The maximum Gasteiger partial charge on any atom is 0.0613 e. The number of benzene rings is 1. The van der Waals surface area contributed by atoms with E-state index in [1.807, 2.05) is 13.1 Å². The largest absolute Gasteiger partial charge is 0.394 e. The molecule has 3 nitrogen and oxygen atoms in total. The van der Waals surface area contributed by atoms with E-state index in [2.05, 4.69) is 48.5 Å². The van der Waals surface area contributed by atoms with Crippen molar-refractivity contribution in [2.24, 2.45) is 0 Å². The van der Waals surface area contributed by atoms with Gasteiger partial charge in [0.15, 0.2) is 0 Å². The minimum absolute atomic E-state index is 0.114. The van der Waals surface area contributed by atoms with Crippen molar-refractivity contribution in [3.63, 3.8) is 0 Å². The second-order valence-electron chi connectivity index (χ2n) is 4.90. The average molecular weight is 250 g/mol. The first-order valence-electron chi connectivity index (χ1n) is 6.73. The van der Waals surface area contributed by atoms with Crippen LogP contribution in [-0.4, -0.2) is 37.9 Å². The van der Waals surface area contributed by atoms with Gasteiger partial charge in [-0.05, 0) is 38.4 Å². The first-order valence-corrected chi connectivity index (χ1v) is 6.73. The summed E-state index contributed by atoms with van der Waals surface area (Å²) < 4.78 is 0. The molecule has 0 aliphatic rings. The highest BCUT2D eigenvalue weighted by molar-refractivity contribution is 5.44. The van der Waals surface area contributed by atoms with Crippen molar-refractivity contribution in [1.29, 1.82) is 0 Å². The van der Waals surface area contributed by atoms with Gasteiger partial charge in [-0.15, -0.1) is 0 Å². The molecule has 0 spiro atoms. The van der Waals surface area contributed by atoms with Crippen LogP contribution in [0.25, 0.3) is 0 Å². The van der Waals surface area contributed by atoms with Crippen molar-refractivity contribution in [1.82, 2.24) is 5.32 Å². The van der Waals surface area contributed by atoms with Crippen LogP contribution in [0.2, 0.25) is 0 Å². The molecular weight excluding hydrogens is 224 g/mol. The lowest BCUT2D eigenvalue weighted by Gasteiger charge is -2.31. The quantitative estimate of drug-likeness (QED) is 0.743. The summed E-state index contributed by atoms with van der Waals surface area (Å²) in [4.78, 5) is 2.26. The standard InChI is InChI=1S/C15H26N2O/c1-4-15(13-18,16-2)11-8-12-17(3)14-9-6-5-7-10-14/h5-7,9-10,16,18H,4,8,11-13H2,1-3H3. The molecule has 1 rings (SSSR count). The highest BCUT2D eigenvalue weighted by Crippen LogP contribution is 2.18. The molecule has 0 saturated heterocycles. The van der Waals surface area contributed by atoms with Crippen molar-refractivity contribution in [3.8, 4) is 0 Å². The highest BCUT2D eigenvalue weighted by atomic mass is 16.3. The van der Waals surface area contributed by atoms with Gasteiger partial charge < -0.3 is 15.3 Å². The van der Waals surface area contributed by atoms with Gasteiger partial charge in [0.05, 0.1) is 6.61 Å². The number of likely N-dealkylation sites (N-methyl/N-ethyl adjacent to an activating group) is 1. The summed E-state index contributed by atoms with van der Waals surface area (Å²) >= 11 is 0. The molecule has 0 radical (unpaired) electrons. The van der Waals surface area contributed by atoms with E-state index in [9.17, 15) is 5.11 Å². The number of hydrogen-bond acceptors (Lipinski definition) is 3. The molecule has 0 fully saturated rings. The topological polar surface area (TPSA) is 35.5 Å². The van der Waals surface area contributed by atoms with Gasteiger partial charge in [0.1, 0.15) is 0 Å². The third-order valence-corrected chi connectivity index (χ3v) is 3.86. The molecular formula is C15H26N2O. The number of aliphatic hydroxyl groups excluding tert-OH is 1. The Bertz CT molecular complexity index is 314. The summed E-state index contributed by atoms with van der Waals surface area (Å²) in [5.74, 6) is 0. The predicted octanol–water partition coefficient (Wildman–Crippen LogP) is 2.26. The molecule has 0 saturated carbocycles. The van der Waals surface area contributed by atoms with Crippen LogP contribution in [0.15, 0.2) is 30.3 Å². The Balaban J connectivity index is 2.42. The Morgan fingerprint density at radius 2 is 1.94 bits per heavy atom. The third kappa shape index (κ3) is 4.00. The van der Waals surface area contributed by atoms with E-state index in [-0.39, 0.29) is 12.1 Å². The lowest BCUT2D eigenvalue weighted by molar-refractivity contribution is 0.153. The van der Waals surface area contributed by atoms with Gasteiger partial charge >= 0.3 is 0 Å². The monoisotopic (exact) mass is 250 g/mol. The Morgan fingerprint density at radius 1 is 1.28 bits per heavy atom. The smallest absolute Gasteiger partial charge is 0.0613 e. The molecule has 2 N–H and O–H groups in total. The molecule has 102 valence electrons. The van der Waals surface area contributed by atoms with E-state index < -0.39 is 0 Å². The molecule has 0 amide bonds. The zero-order valence-electron chi connectivity index (χ0n) is 11.8. The van der Waals surface area contributed by atoms with Gasteiger partial charge in [-0.1, -0.05) is 25.1 Å². The number of para-hydroxylation sites is 1. The number of aliphatic hydroxyl groups is 1. The molecule has 3 heteroatoms. The maximum absolute atomic E-state index is 9.48. The fourth-order valence-corrected chi connectivity index (χ4v) is 2.21. The molecule has 1 aromatic rings. The van der Waals surface area contributed by atoms with Gasteiger partial charge in [-0.2, -0.15) is 0 Å². The van der Waals surface area contributed by atoms with Crippen LogP contribution >= 0.6 is 0 Å². The zero-order valence-corrected chi connectivity index (χ0v) is 11.8. The van der Waals surface area contributed by atoms with Gasteiger partial charge in [0.2, 0.25) is 0 Å². The molecule has 18 heavy (non-hydrogen) atoms. The average Bonchev–Trinajstić information content (AvgIpc) is 2.45. The SMILES string of the molecule is CCC(CO)(CCCN(C)c1ccccc1)NC. The van der Waals surface area contributed by atoms with Gasteiger partial charge in [0.25, 0.3) is 0 Å². The molecule has 1 atom stereocenters. The summed E-state index contributed by atoms with van der Waals surface area (Å²) in [5.41, 5.74) is 1.13. The predicted molar refractivity (Wildman–Crippen MR) is 78.1 cm³/mol. The van der Waals surface area contributed by atoms with Gasteiger partial charge in [0, 0.05) is 24.8 Å². The van der Waals surface area contributed by atoms with E-state index >= 15 is 0 Å². The Labute approximate surface area is 111 Å². The Morgan fingerprint density at radius 3 is 2.44 bits per heavy atom. The third-order valence-electron chi connectivity index (χ3n) is 3.86. The lowest BCUT2D eigenvalue weighted by Crippen LogP contribution is -2.46. The van der Waals surface area contributed by atoms with E-state index in [0.29, 0.717) is 0 Å². The van der Waals surface area contributed by atoms with Crippen LogP contribution in [0.5, 0.6) is 0 Å². The van der Waals surface area contributed by atoms with Crippen LogP contribution < -0.4 is 10.2 Å². The fraction of sp³-hybridized carbons (Fsp3) is 0.600. The lowest BCUT2D eigenvalue weighted by atomic mass is 9.91. The summed E-state index contributed by atoms with van der Waals surface area (Å²) in [5, 5.41) is 12.7. The molecule has 0 heterocycles. The molecule has 1 unspecified atom stereocenters. The van der Waals surface area contributed by atoms with Gasteiger partial charge in [-0.25, -0.2) is 0 Å². The van der Waals surface area contributed by atoms with Crippen molar-refractivity contribution < 1.29 is 5.11 Å². The fourth-order valence-electron chi connectivity index (χ4n) is 2.21. The number of nitrogens with zero attached hydrogens (tertiary/aromatic N) is 1. The Kier molecular flexibility index (Phi) is 6.16. The number of anilines is 1. The first-order chi connectivity index (χ1) is 8.67. The van der Waals surface area contributed by atoms with Crippen LogP contribution in [0.1, 0.15) is 26.2 Å². The van der Waals surface area contributed by atoms with Crippen molar-refractivity contribution in [2.45, 2.75) is 31.7 Å². The van der Waals surface area contributed by atoms with E-state index in [1.54, 1.807) is 0 Å². The van der Waals surface area contributed by atoms with Crippen molar-refractivity contribution in [3.05, 3.63) is 30.3 Å². The minimum atomic E-state index is -0.114. The molecule has 0 aliphatic heterocycles. The molecule has 0 aliphatic carbocycles. The van der Waals surface area contributed by atoms with E-state index in [0.717, 1.165) is 25.8 Å². The van der Waals surface area contributed by atoms with Gasteiger partial charge in [-0.3, -0.25) is 0 Å². The second-order valence-corrected chi connectivity index (χ2v) is 4.90. The maximum atomic E-state index is 9.48. The zero-order chi connectivity index (χ0) is 13.4. The molecule has 0 aromatic heterocycles. The van der Waals surface area contributed by atoms with Crippen LogP contribution in [0.3, 0.4) is 0 Å². The normalized spacial score (nSPS) is 14.2. The number of rotatable bonds is 8. The van der Waals surface area contributed by atoms with Crippen LogP contribution in [-0.2, 0) is 0 Å². The summed E-state index contributed by atoms with van der Waals surface area (Å²) in [7, 11) is 4.04. The van der Waals surface area contributed by atoms with Crippen molar-refractivity contribution >= 4 is 5.69 Å². The number of hydrogen-bond donors (Lipinski definition) is 2. The first kappa shape index (κ1) is 15.0. The summed E-state index contributed by atoms with van der Waals surface area (Å²) in [6, 6.07) is 10.4. The Hall–Kier alpha value is -1.06. The van der Waals surface area contributed by atoms with E-state index in [4.69, 9.17) is 0 Å². The highest BCUT2D eigenvalue weighted by Gasteiger charge is 2.24. The number of nitrogens with one attached hydrogen (secondary N) is 1. The van der Waals surface area contributed by atoms with Crippen LogP contribution in [0.4, 0.5) is 5.69 Å². The molecule has 0 bridgehead atoms. The van der Waals surface area contributed by atoms with Crippen LogP contribution in [0, 0.1) is 0 Å². The second kappa shape index (κ2) is 7.39. The van der Waals surface area contributed by atoms with E-state index in [1.165, 1.54) is 5.69 Å². The minimum Gasteiger partial charge on any atom is -0.394 e. The van der Waals surface area contributed by atoms with Crippen molar-refractivity contribution in [2.75, 3.05) is 32.1 Å². The molecule has 1 aromatic carbocycles.